The molecule has 4 rings (SSSR count). The topological polar surface area (TPSA) is 64.4 Å². The fourth-order valence-electron chi connectivity index (χ4n) is 3.50. The van der Waals surface area contributed by atoms with Gasteiger partial charge in [0.25, 0.3) is 5.91 Å². The standard InChI is InChI=1S/C25H22Cl2N2O3/c1-4-16-5-8-22-21(11-16)29-25(32-22)18-12-17(6-7-19(18)26)28-23(30)13-31-24-15(3)9-14(2)10-20(24)27/h5-12H,4,13H2,1-3H3,(H,28,30). The Hall–Kier alpha value is -3.02. The number of anilines is 1. The number of nitrogens with zero attached hydrogens (tertiary/aromatic N) is 1. The first-order valence-corrected chi connectivity index (χ1v) is 11.0. The Morgan fingerprint density at radius 3 is 2.62 bits per heavy atom. The summed E-state index contributed by atoms with van der Waals surface area (Å²) in [5, 5.41) is 3.77. The molecule has 1 aromatic heterocycles. The molecule has 5 nitrogen and oxygen atoms in total. The van der Waals surface area contributed by atoms with Gasteiger partial charge >= 0.3 is 0 Å². The SMILES string of the molecule is CCc1ccc2oc(-c3cc(NC(=O)COc4c(C)cc(C)cc4Cl)ccc3Cl)nc2c1. The predicted octanol–water partition coefficient (Wildman–Crippen LogP) is 7.00. The highest BCUT2D eigenvalue weighted by Gasteiger charge is 2.15. The maximum absolute atomic E-state index is 12.5. The largest absolute Gasteiger partial charge is 0.482 e. The molecule has 0 unspecified atom stereocenters. The molecule has 4 aromatic rings. The number of carbonyl (C=O) groups is 1. The predicted molar refractivity (Wildman–Crippen MR) is 129 cm³/mol. The highest BCUT2D eigenvalue weighted by Crippen LogP contribution is 2.33. The lowest BCUT2D eigenvalue weighted by molar-refractivity contribution is -0.118. The minimum atomic E-state index is -0.320. The molecule has 164 valence electrons. The van der Waals surface area contributed by atoms with Crippen molar-refractivity contribution in [1.29, 1.82) is 0 Å². The molecule has 1 N–H and O–H groups in total. The zero-order valence-electron chi connectivity index (χ0n) is 18.0. The van der Waals surface area contributed by atoms with Crippen molar-refractivity contribution in [2.24, 2.45) is 0 Å². The van der Waals surface area contributed by atoms with E-state index in [0.717, 1.165) is 23.1 Å². The Balaban J connectivity index is 1.51. The Kier molecular flexibility index (Phi) is 6.40. The van der Waals surface area contributed by atoms with Gasteiger partial charge in [-0.05, 0) is 73.4 Å². The maximum atomic E-state index is 12.5. The summed E-state index contributed by atoms with van der Waals surface area (Å²) in [5.41, 5.74) is 5.68. The number of ether oxygens (including phenoxy) is 1. The molecule has 0 saturated heterocycles. The molecule has 0 atom stereocenters. The van der Waals surface area contributed by atoms with E-state index in [9.17, 15) is 4.79 Å². The molecule has 3 aromatic carbocycles. The Morgan fingerprint density at radius 2 is 1.88 bits per heavy atom. The molecule has 0 aliphatic rings. The second-order valence-electron chi connectivity index (χ2n) is 7.60. The zero-order chi connectivity index (χ0) is 22.8. The zero-order valence-corrected chi connectivity index (χ0v) is 19.5. The third-order valence-electron chi connectivity index (χ3n) is 5.06. The average molecular weight is 469 g/mol. The number of fused-ring (bicyclic) bond motifs is 1. The summed E-state index contributed by atoms with van der Waals surface area (Å²) >= 11 is 12.6. The summed E-state index contributed by atoms with van der Waals surface area (Å²) in [5.74, 6) is 0.578. The number of halogens is 2. The molecule has 1 heterocycles. The molecule has 32 heavy (non-hydrogen) atoms. The number of aryl methyl sites for hydroxylation is 3. The van der Waals surface area contributed by atoms with Crippen LogP contribution >= 0.6 is 23.2 Å². The highest BCUT2D eigenvalue weighted by molar-refractivity contribution is 6.33. The van der Waals surface area contributed by atoms with Gasteiger partial charge in [-0.1, -0.05) is 42.3 Å². The summed E-state index contributed by atoms with van der Waals surface area (Å²) in [4.78, 5) is 17.0. The van der Waals surface area contributed by atoms with Crippen molar-refractivity contribution in [1.82, 2.24) is 4.98 Å². The molecule has 0 radical (unpaired) electrons. The number of rotatable bonds is 6. The van der Waals surface area contributed by atoms with E-state index in [1.165, 1.54) is 5.56 Å². The summed E-state index contributed by atoms with van der Waals surface area (Å²) in [6.45, 7) is 5.75. The van der Waals surface area contributed by atoms with E-state index < -0.39 is 0 Å². The van der Waals surface area contributed by atoms with E-state index in [1.807, 2.05) is 38.1 Å². The van der Waals surface area contributed by atoms with Crippen molar-refractivity contribution in [3.8, 4) is 17.2 Å². The average Bonchev–Trinajstić information content (AvgIpc) is 3.17. The molecule has 0 aliphatic carbocycles. The summed E-state index contributed by atoms with van der Waals surface area (Å²) < 4.78 is 11.5. The van der Waals surface area contributed by atoms with Crippen LogP contribution in [0.5, 0.6) is 5.75 Å². The molecule has 1 amide bonds. The second-order valence-corrected chi connectivity index (χ2v) is 8.41. The summed E-state index contributed by atoms with van der Waals surface area (Å²) in [6.07, 6.45) is 0.913. The fraction of sp³-hybridized carbons (Fsp3) is 0.200. The van der Waals surface area contributed by atoms with E-state index in [-0.39, 0.29) is 12.5 Å². The van der Waals surface area contributed by atoms with Crippen LogP contribution < -0.4 is 10.1 Å². The van der Waals surface area contributed by atoms with E-state index in [2.05, 4.69) is 17.2 Å². The van der Waals surface area contributed by atoms with E-state index in [0.29, 0.717) is 38.5 Å². The minimum absolute atomic E-state index is 0.176. The van der Waals surface area contributed by atoms with Gasteiger partial charge in [-0.15, -0.1) is 0 Å². The van der Waals surface area contributed by atoms with Crippen LogP contribution in [-0.2, 0) is 11.2 Å². The Labute approximate surface area is 196 Å². The van der Waals surface area contributed by atoms with Crippen molar-refractivity contribution in [2.75, 3.05) is 11.9 Å². The summed E-state index contributed by atoms with van der Waals surface area (Å²) in [7, 11) is 0. The van der Waals surface area contributed by atoms with E-state index in [4.69, 9.17) is 32.4 Å². The third kappa shape index (κ3) is 4.74. The number of hydrogen-bond acceptors (Lipinski definition) is 4. The van der Waals surface area contributed by atoms with Crippen molar-refractivity contribution >= 4 is 45.9 Å². The molecule has 0 aliphatic heterocycles. The van der Waals surface area contributed by atoms with Crippen molar-refractivity contribution in [3.05, 3.63) is 75.3 Å². The molecule has 7 heteroatoms. The number of carbonyl (C=O) groups excluding carboxylic acids is 1. The van der Waals surface area contributed by atoms with Crippen LogP contribution in [0.4, 0.5) is 5.69 Å². The Bertz CT molecular complexity index is 1290. The quantitative estimate of drug-likeness (QED) is 0.330. The van der Waals surface area contributed by atoms with Crippen LogP contribution in [0.2, 0.25) is 10.0 Å². The van der Waals surface area contributed by atoms with Gasteiger partial charge in [0.2, 0.25) is 5.89 Å². The van der Waals surface area contributed by atoms with Crippen molar-refractivity contribution < 1.29 is 13.9 Å². The van der Waals surface area contributed by atoms with Gasteiger partial charge in [-0.3, -0.25) is 4.79 Å². The van der Waals surface area contributed by atoms with Crippen LogP contribution in [-0.4, -0.2) is 17.5 Å². The molecule has 0 spiro atoms. The molecule has 0 fully saturated rings. The molecular formula is C25H22Cl2N2O3. The summed E-state index contributed by atoms with van der Waals surface area (Å²) in [6, 6.07) is 14.8. The normalized spacial score (nSPS) is 11.0. The van der Waals surface area contributed by atoms with Crippen LogP contribution in [0.15, 0.2) is 52.9 Å². The smallest absolute Gasteiger partial charge is 0.262 e. The first kappa shape index (κ1) is 22.2. The second kappa shape index (κ2) is 9.23. The van der Waals surface area contributed by atoms with E-state index >= 15 is 0 Å². The van der Waals surface area contributed by atoms with Gasteiger partial charge in [0.1, 0.15) is 11.3 Å². The highest BCUT2D eigenvalue weighted by atomic mass is 35.5. The van der Waals surface area contributed by atoms with Crippen molar-refractivity contribution in [2.45, 2.75) is 27.2 Å². The van der Waals surface area contributed by atoms with Gasteiger partial charge in [-0.25, -0.2) is 4.98 Å². The minimum Gasteiger partial charge on any atom is -0.482 e. The van der Waals surface area contributed by atoms with Gasteiger partial charge in [0, 0.05) is 5.69 Å². The number of oxazole rings is 1. The van der Waals surface area contributed by atoms with Crippen LogP contribution in [0.25, 0.3) is 22.6 Å². The third-order valence-corrected chi connectivity index (χ3v) is 5.67. The number of benzene rings is 3. The van der Waals surface area contributed by atoms with Crippen LogP contribution in [0, 0.1) is 13.8 Å². The van der Waals surface area contributed by atoms with Gasteiger partial charge < -0.3 is 14.5 Å². The molecular weight excluding hydrogens is 447 g/mol. The number of hydrogen-bond donors (Lipinski definition) is 1. The first-order valence-electron chi connectivity index (χ1n) is 10.2. The lowest BCUT2D eigenvalue weighted by Crippen LogP contribution is -2.20. The number of aromatic nitrogens is 1. The Morgan fingerprint density at radius 1 is 1.06 bits per heavy atom. The number of nitrogens with one attached hydrogen (secondary N) is 1. The van der Waals surface area contributed by atoms with Gasteiger partial charge in [0.15, 0.2) is 12.2 Å². The van der Waals surface area contributed by atoms with E-state index in [1.54, 1.807) is 24.3 Å². The lowest BCUT2D eigenvalue weighted by atomic mass is 10.1. The van der Waals surface area contributed by atoms with Gasteiger partial charge in [0.05, 0.1) is 15.6 Å². The van der Waals surface area contributed by atoms with Gasteiger partial charge in [-0.2, -0.15) is 0 Å². The van der Waals surface area contributed by atoms with Crippen molar-refractivity contribution in [3.63, 3.8) is 0 Å². The van der Waals surface area contributed by atoms with Crippen LogP contribution in [0.1, 0.15) is 23.6 Å². The monoisotopic (exact) mass is 468 g/mol. The first-order chi connectivity index (χ1) is 15.3. The number of amides is 1. The molecule has 0 saturated carbocycles. The van der Waals surface area contributed by atoms with Crippen LogP contribution in [0.3, 0.4) is 0 Å². The maximum Gasteiger partial charge on any atom is 0.262 e. The lowest BCUT2D eigenvalue weighted by Gasteiger charge is -2.12. The fourth-order valence-corrected chi connectivity index (χ4v) is 4.07. The molecule has 0 bridgehead atoms.